The third-order valence-corrected chi connectivity index (χ3v) is 6.08. The van der Waals surface area contributed by atoms with Gasteiger partial charge in [-0.25, -0.2) is 8.42 Å². The van der Waals surface area contributed by atoms with Crippen LogP contribution in [0.1, 0.15) is 31.9 Å². The van der Waals surface area contributed by atoms with Gasteiger partial charge in [-0.05, 0) is 36.6 Å². The van der Waals surface area contributed by atoms with Crippen LogP contribution in [0.2, 0.25) is 0 Å². The summed E-state index contributed by atoms with van der Waals surface area (Å²) in [6, 6.07) is 10.8. The lowest BCUT2D eigenvalue weighted by molar-refractivity contribution is -0.157. The number of nitrogens with one attached hydrogen (secondary N) is 2. The molecule has 180 valence electrons. The van der Waals surface area contributed by atoms with Crippen molar-refractivity contribution >= 4 is 21.9 Å². The Hall–Kier alpha value is -2.92. The van der Waals surface area contributed by atoms with E-state index in [2.05, 4.69) is 10.0 Å². The molecular formula is C22H25F3N2O5S. The number of benzene rings is 2. The summed E-state index contributed by atoms with van der Waals surface area (Å²) in [6.45, 7) is 4.59. The molecule has 2 N–H and O–H groups in total. The molecule has 2 rings (SSSR count). The second-order valence-corrected chi connectivity index (χ2v) is 9.37. The molecule has 0 saturated heterocycles. The number of hydrogen-bond donors (Lipinski definition) is 2. The summed E-state index contributed by atoms with van der Waals surface area (Å²) in [6.07, 6.45) is -5.95. The quantitative estimate of drug-likeness (QED) is 0.530. The maximum Gasteiger partial charge on any atom is 0.416 e. The van der Waals surface area contributed by atoms with Crippen LogP contribution in [-0.2, 0) is 37.1 Å². The Bertz CT molecular complexity index is 1070. The summed E-state index contributed by atoms with van der Waals surface area (Å²) in [7, 11) is -4.49. The van der Waals surface area contributed by atoms with E-state index < -0.39 is 56.6 Å². The highest BCUT2D eigenvalue weighted by molar-refractivity contribution is 7.89. The third-order valence-electron chi connectivity index (χ3n) is 4.65. The van der Waals surface area contributed by atoms with Crippen molar-refractivity contribution in [3.8, 4) is 0 Å². The van der Waals surface area contributed by atoms with Gasteiger partial charge >= 0.3 is 12.1 Å². The summed E-state index contributed by atoms with van der Waals surface area (Å²) >= 11 is 0. The number of esters is 1. The van der Waals surface area contributed by atoms with Gasteiger partial charge in [0.2, 0.25) is 10.0 Å². The highest BCUT2D eigenvalue weighted by Gasteiger charge is 2.34. The van der Waals surface area contributed by atoms with Gasteiger partial charge < -0.3 is 10.1 Å². The number of hydrogen-bond acceptors (Lipinski definition) is 5. The number of sulfonamides is 1. The molecule has 11 heteroatoms. The fourth-order valence-corrected chi connectivity index (χ4v) is 4.14. The fraction of sp³-hybridized carbons (Fsp3) is 0.364. The Balaban J connectivity index is 2.08. The Morgan fingerprint density at radius 1 is 1.00 bits per heavy atom. The maximum atomic E-state index is 12.9. The predicted octanol–water partition coefficient (Wildman–Crippen LogP) is 3.26. The zero-order valence-electron chi connectivity index (χ0n) is 18.2. The molecule has 0 spiro atoms. The number of carbonyl (C=O) groups is 2. The summed E-state index contributed by atoms with van der Waals surface area (Å²) in [5, 5.41) is 2.61. The van der Waals surface area contributed by atoms with Crippen molar-refractivity contribution in [1.29, 1.82) is 0 Å². The minimum atomic E-state index is -4.73. The largest absolute Gasteiger partial charge is 0.451 e. The van der Waals surface area contributed by atoms with E-state index in [9.17, 15) is 31.2 Å². The van der Waals surface area contributed by atoms with Crippen LogP contribution in [0.4, 0.5) is 13.2 Å². The normalized spacial score (nSPS) is 13.9. The van der Waals surface area contributed by atoms with Gasteiger partial charge in [-0.2, -0.15) is 17.9 Å². The van der Waals surface area contributed by atoms with E-state index in [0.717, 1.165) is 23.8 Å². The van der Waals surface area contributed by atoms with Gasteiger partial charge in [-0.1, -0.05) is 50.2 Å². The van der Waals surface area contributed by atoms with E-state index in [-0.39, 0.29) is 6.54 Å². The fourth-order valence-electron chi connectivity index (χ4n) is 2.76. The molecule has 2 atom stereocenters. The minimum absolute atomic E-state index is 0.206. The molecule has 0 unspecified atom stereocenters. The Kier molecular flexibility index (Phi) is 8.62. The molecule has 2 aromatic carbocycles. The van der Waals surface area contributed by atoms with Crippen molar-refractivity contribution in [1.82, 2.24) is 10.0 Å². The maximum absolute atomic E-state index is 12.9. The van der Waals surface area contributed by atoms with Gasteiger partial charge in [-0.15, -0.1) is 0 Å². The van der Waals surface area contributed by atoms with Crippen LogP contribution in [0.15, 0.2) is 59.5 Å². The molecular weight excluding hydrogens is 461 g/mol. The molecule has 1 amide bonds. The summed E-state index contributed by atoms with van der Waals surface area (Å²) in [5.74, 6) is -2.23. The first-order chi connectivity index (χ1) is 15.3. The third kappa shape index (κ3) is 7.57. The van der Waals surface area contributed by atoms with Gasteiger partial charge in [0.05, 0.1) is 10.5 Å². The lowest BCUT2D eigenvalue weighted by Crippen LogP contribution is -2.47. The smallest absolute Gasteiger partial charge is 0.416 e. The molecule has 33 heavy (non-hydrogen) atoms. The van der Waals surface area contributed by atoms with Crippen LogP contribution < -0.4 is 10.0 Å². The molecule has 0 aliphatic carbocycles. The van der Waals surface area contributed by atoms with Crippen molar-refractivity contribution in [3.63, 3.8) is 0 Å². The van der Waals surface area contributed by atoms with Gasteiger partial charge in [0.15, 0.2) is 6.10 Å². The number of ether oxygens (including phenoxy) is 1. The van der Waals surface area contributed by atoms with Crippen LogP contribution in [0.5, 0.6) is 0 Å². The van der Waals surface area contributed by atoms with Gasteiger partial charge in [0.25, 0.3) is 5.91 Å². The molecule has 0 aliphatic heterocycles. The van der Waals surface area contributed by atoms with Gasteiger partial charge in [0, 0.05) is 6.54 Å². The van der Waals surface area contributed by atoms with Crippen LogP contribution in [0, 0.1) is 5.92 Å². The molecule has 0 fully saturated rings. The van der Waals surface area contributed by atoms with E-state index in [1.165, 1.54) is 20.8 Å². The lowest BCUT2D eigenvalue weighted by atomic mass is 10.1. The van der Waals surface area contributed by atoms with E-state index in [0.29, 0.717) is 6.07 Å². The highest BCUT2D eigenvalue weighted by Crippen LogP contribution is 2.30. The average Bonchev–Trinajstić information content (AvgIpc) is 2.75. The molecule has 0 bridgehead atoms. The first-order valence-electron chi connectivity index (χ1n) is 10.0. The molecule has 2 aromatic rings. The van der Waals surface area contributed by atoms with E-state index in [1.807, 2.05) is 6.07 Å². The van der Waals surface area contributed by atoms with Crippen LogP contribution in [-0.4, -0.2) is 32.4 Å². The molecule has 0 radical (unpaired) electrons. The summed E-state index contributed by atoms with van der Waals surface area (Å²) in [5.41, 5.74) is -0.309. The van der Waals surface area contributed by atoms with E-state index in [1.54, 1.807) is 24.3 Å². The Morgan fingerprint density at radius 2 is 1.64 bits per heavy atom. The van der Waals surface area contributed by atoms with Gasteiger partial charge in [-0.3, -0.25) is 9.59 Å². The van der Waals surface area contributed by atoms with Crippen LogP contribution in [0.3, 0.4) is 0 Å². The number of rotatable bonds is 9. The number of carbonyl (C=O) groups excluding carboxylic acids is 2. The summed E-state index contributed by atoms with van der Waals surface area (Å²) < 4.78 is 71.3. The monoisotopic (exact) mass is 486 g/mol. The van der Waals surface area contributed by atoms with Crippen LogP contribution >= 0.6 is 0 Å². The van der Waals surface area contributed by atoms with Crippen molar-refractivity contribution in [2.45, 2.75) is 50.5 Å². The van der Waals surface area contributed by atoms with Crippen molar-refractivity contribution in [2.24, 2.45) is 5.92 Å². The zero-order chi connectivity index (χ0) is 24.8. The predicted molar refractivity (Wildman–Crippen MR) is 114 cm³/mol. The number of amides is 1. The van der Waals surface area contributed by atoms with Gasteiger partial charge in [0.1, 0.15) is 6.04 Å². The van der Waals surface area contributed by atoms with E-state index in [4.69, 9.17) is 4.74 Å². The average molecular weight is 487 g/mol. The van der Waals surface area contributed by atoms with Crippen LogP contribution in [0.25, 0.3) is 0 Å². The van der Waals surface area contributed by atoms with Crippen molar-refractivity contribution in [2.75, 3.05) is 0 Å². The minimum Gasteiger partial charge on any atom is -0.451 e. The SMILES string of the molecule is CC(C)[C@H](NS(=O)(=O)c1cccc(C(F)(F)F)c1)C(=O)O[C@H](C)C(=O)NCc1ccccc1. The molecule has 0 aliphatic rings. The first kappa shape index (κ1) is 26.3. The second-order valence-electron chi connectivity index (χ2n) is 7.65. The molecule has 0 heterocycles. The van der Waals surface area contributed by atoms with Crippen molar-refractivity contribution < 1.29 is 35.9 Å². The zero-order valence-corrected chi connectivity index (χ0v) is 19.0. The highest BCUT2D eigenvalue weighted by atomic mass is 32.2. The number of halogens is 3. The Labute approximate surface area is 190 Å². The molecule has 0 saturated carbocycles. The molecule has 7 nitrogen and oxygen atoms in total. The molecule has 0 aromatic heterocycles. The first-order valence-corrected chi connectivity index (χ1v) is 11.5. The Morgan fingerprint density at radius 3 is 2.21 bits per heavy atom. The summed E-state index contributed by atoms with van der Waals surface area (Å²) in [4.78, 5) is 24.2. The van der Waals surface area contributed by atoms with Crippen molar-refractivity contribution in [3.05, 3.63) is 65.7 Å². The topological polar surface area (TPSA) is 102 Å². The number of alkyl halides is 3. The lowest BCUT2D eigenvalue weighted by Gasteiger charge is -2.23. The second kappa shape index (κ2) is 10.8. The standard InChI is InChI=1S/C22H25F3N2O5S/c1-14(2)19(27-33(30,31)18-11-7-10-17(12-18)22(23,24)25)21(29)32-15(3)20(28)26-13-16-8-5-4-6-9-16/h4-12,14-15,19,27H,13H2,1-3H3,(H,26,28)/t15-,19+/m1/s1. The van der Waals surface area contributed by atoms with E-state index >= 15 is 0 Å².